The van der Waals surface area contributed by atoms with E-state index < -0.39 is 69.0 Å². The predicted molar refractivity (Wildman–Crippen MR) is 216 cm³/mol. The average molecular weight is 806 g/mol. The molecule has 2 saturated heterocycles. The topological polar surface area (TPSA) is 129 Å². The predicted octanol–water partition coefficient (Wildman–Crippen LogP) is 9.91. The van der Waals surface area contributed by atoms with E-state index in [0.29, 0.717) is 47.3 Å². The maximum Gasteiger partial charge on any atom is 0.179 e. The van der Waals surface area contributed by atoms with E-state index in [1.165, 1.54) is 24.3 Å². The second kappa shape index (κ2) is 15.9. The summed E-state index contributed by atoms with van der Waals surface area (Å²) in [5, 5.41) is 9.13. The van der Waals surface area contributed by atoms with E-state index in [2.05, 4.69) is 0 Å². The number of Topliss-reactive ketones (excluding diaryl/α,β-unsaturated/α-hetero) is 4. The number of halogens is 2. The summed E-state index contributed by atoms with van der Waals surface area (Å²) in [5.41, 5.74) is -2.47. The zero-order chi connectivity index (χ0) is 43.2. The van der Waals surface area contributed by atoms with Crippen LogP contribution in [0.3, 0.4) is 0 Å². The highest BCUT2D eigenvalue weighted by Crippen LogP contribution is 2.45. The lowest BCUT2D eigenvalue weighted by molar-refractivity contribution is -0.189. The van der Waals surface area contributed by atoms with Gasteiger partial charge in [0.15, 0.2) is 23.1 Å². The van der Waals surface area contributed by atoms with E-state index in [4.69, 9.17) is 24.2 Å². The van der Waals surface area contributed by atoms with E-state index in [-0.39, 0.29) is 29.2 Å². The van der Waals surface area contributed by atoms with Gasteiger partial charge in [0.2, 0.25) is 0 Å². The van der Waals surface area contributed by atoms with Crippen molar-refractivity contribution in [3.63, 3.8) is 0 Å². The van der Waals surface area contributed by atoms with Crippen molar-refractivity contribution in [3.8, 4) is 29.1 Å². The Hall–Kier alpha value is -5.57. The van der Waals surface area contributed by atoms with Gasteiger partial charge in [-0.2, -0.15) is 5.26 Å². The first kappa shape index (κ1) is 43.0. The summed E-state index contributed by atoms with van der Waals surface area (Å²) in [7, 11) is 0. The number of nitrogens with zero attached hydrogens (tertiary/aromatic N) is 1. The zero-order valence-electron chi connectivity index (χ0n) is 34.9. The number of carbonyl (C=O) groups excluding carboxylic acids is 4. The number of ketones is 4. The molecule has 6 rings (SSSR count). The number of hydrogen-bond acceptors (Lipinski definition) is 9. The molecule has 0 N–H and O–H groups in total. The van der Waals surface area contributed by atoms with E-state index >= 15 is 0 Å². The largest absolute Gasteiger partial charge is 0.457 e. The Morgan fingerprint density at radius 1 is 0.661 bits per heavy atom. The molecule has 308 valence electrons. The molecule has 0 spiro atoms. The van der Waals surface area contributed by atoms with Crippen LogP contribution in [0.25, 0.3) is 0 Å². The Labute approximate surface area is 343 Å². The molecule has 2 heterocycles. The van der Waals surface area contributed by atoms with Crippen LogP contribution in [-0.4, -0.2) is 45.5 Å². The van der Waals surface area contributed by atoms with Crippen LogP contribution < -0.4 is 9.47 Å². The van der Waals surface area contributed by atoms with Gasteiger partial charge in [0, 0.05) is 12.1 Å². The molecule has 2 unspecified atom stereocenters. The summed E-state index contributed by atoms with van der Waals surface area (Å²) in [5.74, 6) is -4.24. The quantitative estimate of drug-likeness (QED) is 0.136. The average Bonchev–Trinajstić information content (AvgIpc) is 3.15. The van der Waals surface area contributed by atoms with Crippen LogP contribution >= 0.6 is 0 Å². The zero-order valence-corrected chi connectivity index (χ0v) is 34.9. The third-order valence-corrected chi connectivity index (χ3v) is 11.4. The first-order chi connectivity index (χ1) is 27.6. The Balaban J connectivity index is 1.32. The van der Waals surface area contributed by atoms with Gasteiger partial charge in [-0.15, -0.1) is 0 Å². The van der Waals surface area contributed by atoms with E-state index in [0.717, 1.165) is 11.6 Å². The van der Waals surface area contributed by atoms with E-state index in [9.17, 15) is 28.0 Å². The fraction of sp³-hybridized carbons (Fsp3) is 0.396. The Morgan fingerprint density at radius 2 is 1.19 bits per heavy atom. The third-order valence-electron chi connectivity index (χ3n) is 11.4. The van der Waals surface area contributed by atoms with Gasteiger partial charge in [0.1, 0.15) is 74.9 Å². The molecule has 59 heavy (non-hydrogen) atoms. The summed E-state index contributed by atoms with van der Waals surface area (Å²) in [6, 6.07) is 20.1. The number of rotatable bonds is 11. The minimum atomic E-state index is -1.42. The highest BCUT2D eigenvalue weighted by molar-refractivity contribution is 6.16. The third kappa shape index (κ3) is 8.48. The normalized spacial score (nSPS) is 21.3. The van der Waals surface area contributed by atoms with Gasteiger partial charge in [-0.3, -0.25) is 19.2 Å². The molecule has 0 aromatic heterocycles. The van der Waals surface area contributed by atoms with Gasteiger partial charge < -0.3 is 18.9 Å². The van der Waals surface area contributed by atoms with Gasteiger partial charge in [-0.25, -0.2) is 8.78 Å². The highest BCUT2D eigenvalue weighted by Gasteiger charge is 2.56. The van der Waals surface area contributed by atoms with Crippen LogP contribution in [0.4, 0.5) is 8.78 Å². The monoisotopic (exact) mass is 805 g/mol. The molecule has 4 aromatic carbocycles. The van der Waals surface area contributed by atoms with Gasteiger partial charge in [0.05, 0.1) is 5.56 Å². The van der Waals surface area contributed by atoms with Gasteiger partial charge in [-0.1, -0.05) is 25.1 Å². The van der Waals surface area contributed by atoms with E-state index in [1.807, 2.05) is 6.92 Å². The standard InChI is InChI=1S/C48H49F2NO8/c1-10-28-14-18-32(56-34-20-16-30(26-51)37(50)25-34)23-35(28)40-43(54)47(7,8)59-48(9,44(40)55)21-11-12-29-15-19-33(57-38-22-31(49)17-13-27(38)2)24-36(29)39-41(52)45(3,4)58-46(5,6)42(39)53/h13-20,22-25,39-40H,10-12,21H2,1-9H3. The number of aryl methyl sites for hydroxylation is 3. The molecule has 2 aliphatic rings. The number of ether oxygens (including phenoxy) is 4. The lowest BCUT2D eigenvalue weighted by Gasteiger charge is -2.45. The van der Waals surface area contributed by atoms with Crippen LogP contribution in [0.1, 0.15) is 113 Å². The summed E-state index contributed by atoms with van der Waals surface area (Å²) >= 11 is 0. The van der Waals surface area contributed by atoms with Crippen molar-refractivity contribution in [1.82, 2.24) is 0 Å². The molecule has 0 aliphatic carbocycles. The van der Waals surface area contributed by atoms with Crippen molar-refractivity contribution in [2.45, 2.75) is 122 Å². The van der Waals surface area contributed by atoms with Crippen molar-refractivity contribution in [2.75, 3.05) is 0 Å². The second-order valence-electron chi connectivity index (χ2n) is 17.1. The Morgan fingerprint density at radius 3 is 1.78 bits per heavy atom. The molecular weight excluding hydrogens is 757 g/mol. The molecule has 0 radical (unpaired) electrons. The van der Waals surface area contributed by atoms with Gasteiger partial charge in [-0.05, 0) is 151 Å². The highest BCUT2D eigenvalue weighted by atomic mass is 19.1. The van der Waals surface area contributed by atoms with Crippen LogP contribution in [0, 0.1) is 29.9 Å². The lowest BCUT2D eigenvalue weighted by atomic mass is 9.71. The Kier molecular flexibility index (Phi) is 11.6. The van der Waals surface area contributed by atoms with Crippen molar-refractivity contribution in [1.29, 1.82) is 5.26 Å². The molecule has 0 amide bonds. The molecule has 2 aliphatic heterocycles. The van der Waals surface area contributed by atoms with Crippen LogP contribution in [0.2, 0.25) is 0 Å². The van der Waals surface area contributed by atoms with Crippen LogP contribution in [0.5, 0.6) is 23.0 Å². The van der Waals surface area contributed by atoms with E-state index in [1.54, 1.807) is 104 Å². The summed E-state index contributed by atoms with van der Waals surface area (Å²) in [4.78, 5) is 56.8. The van der Waals surface area contributed by atoms with Crippen LogP contribution in [0.15, 0.2) is 72.8 Å². The maximum atomic E-state index is 14.6. The molecule has 2 atom stereocenters. The molecule has 0 bridgehead atoms. The minimum absolute atomic E-state index is 0.129. The first-order valence-corrected chi connectivity index (χ1v) is 19.8. The SMILES string of the molecule is CCc1ccc(Oc2ccc(C#N)c(F)c2)cc1C1C(=O)C(C)(C)OC(C)(CCCc2ccc(Oc3cc(F)ccc3C)cc2C2C(=O)C(C)(C)OC(C)(C)C2=O)C1=O. The van der Waals surface area contributed by atoms with Crippen molar-refractivity contribution >= 4 is 23.1 Å². The number of carbonyl (C=O) groups is 4. The van der Waals surface area contributed by atoms with Gasteiger partial charge in [0.25, 0.3) is 0 Å². The molecule has 2 fully saturated rings. The van der Waals surface area contributed by atoms with Crippen molar-refractivity contribution in [2.24, 2.45) is 0 Å². The molecule has 11 heteroatoms. The number of nitriles is 1. The summed E-state index contributed by atoms with van der Waals surface area (Å²) in [6.07, 6.45) is 1.38. The fourth-order valence-electron chi connectivity index (χ4n) is 8.30. The smallest absolute Gasteiger partial charge is 0.179 e. The fourth-order valence-corrected chi connectivity index (χ4v) is 8.30. The molecule has 0 saturated carbocycles. The summed E-state index contributed by atoms with van der Waals surface area (Å²) < 4.78 is 53.0. The number of benzene rings is 4. The molecular formula is C48H49F2NO8. The maximum absolute atomic E-state index is 14.6. The Bertz CT molecular complexity index is 2380. The van der Waals surface area contributed by atoms with Crippen molar-refractivity contribution < 1.29 is 46.9 Å². The van der Waals surface area contributed by atoms with Gasteiger partial charge >= 0.3 is 0 Å². The van der Waals surface area contributed by atoms with Crippen molar-refractivity contribution in [3.05, 3.63) is 118 Å². The van der Waals surface area contributed by atoms with Crippen LogP contribution in [-0.2, 0) is 41.5 Å². The first-order valence-electron chi connectivity index (χ1n) is 19.8. The second-order valence-corrected chi connectivity index (χ2v) is 17.1. The summed E-state index contributed by atoms with van der Waals surface area (Å²) in [6.45, 7) is 15.2. The number of hydrogen-bond donors (Lipinski definition) is 0. The molecule has 9 nitrogen and oxygen atoms in total. The molecule has 4 aromatic rings. The lowest BCUT2D eigenvalue weighted by Crippen LogP contribution is -2.59. The minimum Gasteiger partial charge on any atom is -0.457 e.